The van der Waals surface area contributed by atoms with E-state index in [1.54, 1.807) is 11.8 Å². The van der Waals surface area contributed by atoms with E-state index in [0.29, 0.717) is 13.0 Å². The highest BCUT2D eigenvalue weighted by atomic mass is 16.2. The minimum atomic E-state index is -0.0119. The second kappa shape index (κ2) is 9.06. The van der Waals surface area contributed by atoms with Crippen LogP contribution in [0.2, 0.25) is 0 Å². The van der Waals surface area contributed by atoms with Crippen LogP contribution in [-0.4, -0.2) is 49.4 Å². The van der Waals surface area contributed by atoms with Gasteiger partial charge in [-0.15, -0.1) is 0 Å². The Labute approximate surface area is 156 Å². The van der Waals surface area contributed by atoms with Gasteiger partial charge < -0.3 is 14.7 Å². The maximum Gasteiger partial charge on any atom is 0.224 e. The molecule has 5 heteroatoms. The number of likely N-dealkylation sites (tertiary alicyclic amines) is 1. The molecule has 1 aromatic rings. The summed E-state index contributed by atoms with van der Waals surface area (Å²) in [6.45, 7) is 5.98. The topological polar surface area (TPSA) is 43.9 Å². The molecule has 0 saturated carbocycles. The van der Waals surface area contributed by atoms with Crippen LogP contribution in [-0.2, 0) is 9.59 Å². The van der Waals surface area contributed by atoms with Crippen molar-refractivity contribution in [1.29, 1.82) is 0 Å². The molecule has 0 aromatic heterocycles. The van der Waals surface area contributed by atoms with Crippen LogP contribution in [0.1, 0.15) is 51.9 Å². The van der Waals surface area contributed by atoms with E-state index in [4.69, 9.17) is 0 Å². The minimum Gasteiger partial charge on any atom is -0.372 e. The number of hydrogen-bond donors (Lipinski definition) is 0. The summed E-state index contributed by atoms with van der Waals surface area (Å²) < 4.78 is 0. The van der Waals surface area contributed by atoms with E-state index in [-0.39, 0.29) is 11.8 Å². The van der Waals surface area contributed by atoms with Gasteiger partial charge >= 0.3 is 0 Å². The molecular weight excluding hydrogens is 326 g/mol. The highest BCUT2D eigenvalue weighted by Crippen LogP contribution is 2.24. The van der Waals surface area contributed by atoms with Crippen molar-refractivity contribution in [2.24, 2.45) is 0 Å². The Morgan fingerprint density at radius 3 is 2.04 bits per heavy atom. The van der Waals surface area contributed by atoms with Crippen LogP contribution in [0.4, 0.5) is 11.4 Å². The van der Waals surface area contributed by atoms with Crippen molar-refractivity contribution in [3.05, 3.63) is 24.3 Å². The summed E-state index contributed by atoms with van der Waals surface area (Å²) in [5.41, 5.74) is 2.10. The SMILES string of the molecule is CC(=O)N(CCC(=O)N1CCCCC1)c1ccc(N2CCCCC2)cc1. The summed E-state index contributed by atoms with van der Waals surface area (Å²) in [7, 11) is 0. The van der Waals surface area contributed by atoms with Crippen LogP contribution < -0.4 is 9.80 Å². The lowest BCUT2D eigenvalue weighted by Gasteiger charge is -2.30. The molecule has 0 unspecified atom stereocenters. The van der Waals surface area contributed by atoms with Gasteiger partial charge in [-0.3, -0.25) is 9.59 Å². The third kappa shape index (κ3) is 4.77. The molecule has 0 bridgehead atoms. The number of nitrogens with zero attached hydrogens (tertiary/aromatic N) is 3. The van der Waals surface area contributed by atoms with Crippen molar-refractivity contribution in [3.63, 3.8) is 0 Å². The first-order chi connectivity index (χ1) is 12.6. The lowest BCUT2D eigenvalue weighted by Crippen LogP contribution is -2.39. The maximum atomic E-state index is 12.4. The summed E-state index contributed by atoms with van der Waals surface area (Å²) in [4.78, 5) is 30.6. The number of benzene rings is 1. The van der Waals surface area contributed by atoms with Crippen LogP contribution in [0.25, 0.3) is 0 Å². The number of piperidine rings is 2. The molecule has 2 saturated heterocycles. The summed E-state index contributed by atoms with van der Waals surface area (Å²) in [6, 6.07) is 8.22. The lowest BCUT2D eigenvalue weighted by molar-refractivity contribution is -0.131. The second-order valence-corrected chi connectivity index (χ2v) is 7.43. The van der Waals surface area contributed by atoms with Crippen molar-refractivity contribution >= 4 is 23.2 Å². The van der Waals surface area contributed by atoms with Crippen LogP contribution in [0.5, 0.6) is 0 Å². The Morgan fingerprint density at radius 2 is 1.46 bits per heavy atom. The van der Waals surface area contributed by atoms with Gasteiger partial charge in [0.05, 0.1) is 0 Å². The fourth-order valence-corrected chi connectivity index (χ4v) is 3.97. The summed E-state index contributed by atoms with van der Waals surface area (Å²) in [5.74, 6) is 0.156. The Bertz CT molecular complexity index is 602. The fourth-order valence-electron chi connectivity index (χ4n) is 3.97. The molecule has 5 nitrogen and oxygen atoms in total. The van der Waals surface area contributed by atoms with Crippen molar-refractivity contribution in [2.75, 3.05) is 42.5 Å². The Kier molecular flexibility index (Phi) is 6.53. The molecule has 0 aliphatic carbocycles. The predicted octanol–water partition coefficient (Wildman–Crippen LogP) is 3.43. The van der Waals surface area contributed by atoms with Crippen molar-refractivity contribution in [3.8, 4) is 0 Å². The average molecular weight is 357 g/mol. The van der Waals surface area contributed by atoms with E-state index in [1.807, 2.05) is 17.0 Å². The van der Waals surface area contributed by atoms with Crippen molar-refractivity contribution in [1.82, 2.24) is 4.90 Å². The monoisotopic (exact) mass is 357 g/mol. The zero-order valence-electron chi connectivity index (χ0n) is 16.0. The molecule has 1 aromatic carbocycles. The summed E-state index contributed by atoms with van der Waals surface area (Å²) >= 11 is 0. The molecule has 3 rings (SSSR count). The molecule has 26 heavy (non-hydrogen) atoms. The highest BCUT2D eigenvalue weighted by Gasteiger charge is 2.19. The average Bonchev–Trinajstić information content (AvgIpc) is 2.69. The lowest BCUT2D eigenvalue weighted by atomic mass is 10.1. The standard InChI is InChI=1S/C21H31N3O2/c1-18(25)24(17-12-21(26)23-15-6-3-7-16-23)20-10-8-19(9-11-20)22-13-4-2-5-14-22/h8-11H,2-7,12-17H2,1H3. The molecule has 2 fully saturated rings. The van der Waals surface area contributed by atoms with Gasteiger partial charge in [0.15, 0.2) is 0 Å². The van der Waals surface area contributed by atoms with Crippen molar-refractivity contribution < 1.29 is 9.59 Å². The number of anilines is 2. The highest BCUT2D eigenvalue weighted by molar-refractivity contribution is 5.92. The van der Waals surface area contributed by atoms with Gasteiger partial charge in [-0.25, -0.2) is 0 Å². The first-order valence-corrected chi connectivity index (χ1v) is 10.1. The van der Waals surface area contributed by atoms with Gasteiger partial charge in [0, 0.05) is 57.4 Å². The van der Waals surface area contributed by atoms with Gasteiger partial charge in [0.2, 0.25) is 11.8 Å². The summed E-state index contributed by atoms with van der Waals surface area (Å²) in [5, 5.41) is 0. The van der Waals surface area contributed by atoms with E-state index in [2.05, 4.69) is 17.0 Å². The minimum absolute atomic E-state index is 0.0119. The van der Waals surface area contributed by atoms with Crippen LogP contribution in [0.15, 0.2) is 24.3 Å². The van der Waals surface area contributed by atoms with E-state index < -0.39 is 0 Å². The quantitative estimate of drug-likeness (QED) is 0.811. The second-order valence-electron chi connectivity index (χ2n) is 7.43. The van der Waals surface area contributed by atoms with E-state index in [1.165, 1.54) is 31.4 Å². The first kappa shape index (κ1) is 18.7. The summed E-state index contributed by atoms with van der Waals surface area (Å²) in [6.07, 6.45) is 7.62. The molecule has 0 atom stereocenters. The van der Waals surface area contributed by atoms with Crippen LogP contribution >= 0.6 is 0 Å². The van der Waals surface area contributed by atoms with Gasteiger partial charge in [-0.1, -0.05) is 0 Å². The maximum absolute atomic E-state index is 12.4. The molecule has 0 radical (unpaired) electrons. The first-order valence-electron chi connectivity index (χ1n) is 10.1. The molecule has 2 heterocycles. The largest absolute Gasteiger partial charge is 0.372 e. The van der Waals surface area contributed by atoms with E-state index in [9.17, 15) is 9.59 Å². The normalized spacial score (nSPS) is 17.9. The number of carbonyl (C=O) groups is 2. The number of hydrogen-bond acceptors (Lipinski definition) is 3. The van der Waals surface area contributed by atoms with Crippen LogP contribution in [0, 0.1) is 0 Å². The van der Waals surface area contributed by atoms with Gasteiger partial charge in [0.25, 0.3) is 0 Å². The van der Waals surface area contributed by atoms with Gasteiger partial charge in [-0.05, 0) is 62.8 Å². The van der Waals surface area contributed by atoms with Gasteiger partial charge in [-0.2, -0.15) is 0 Å². The molecule has 2 amide bonds. The predicted molar refractivity (Wildman–Crippen MR) is 106 cm³/mol. The zero-order valence-corrected chi connectivity index (χ0v) is 16.0. The smallest absolute Gasteiger partial charge is 0.224 e. The van der Waals surface area contributed by atoms with Crippen LogP contribution in [0.3, 0.4) is 0 Å². The third-order valence-electron chi connectivity index (χ3n) is 5.52. The molecule has 2 aliphatic heterocycles. The Hall–Kier alpha value is -2.04. The third-order valence-corrected chi connectivity index (χ3v) is 5.52. The molecule has 0 spiro atoms. The zero-order chi connectivity index (χ0) is 18.4. The Balaban J connectivity index is 1.60. The number of carbonyl (C=O) groups excluding carboxylic acids is 2. The van der Waals surface area contributed by atoms with E-state index >= 15 is 0 Å². The van der Waals surface area contributed by atoms with E-state index in [0.717, 1.165) is 44.7 Å². The Morgan fingerprint density at radius 1 is 0.885 bits per heavy atom. The molecule has 142 valence electrons. The van der Waals surface area contributed by atoms with Crippen molar-refractivity contribution in [2.45, 2.75) is 51.9 Å². The molecule has 2 aliphatic rings. The fraction of sp³-hybridized carbons (Fsp3) is 0.619. The molecular formula is C21H31N3O2. The van der Waals surface area contributed by atoms with Gasteiger partial charge in [0.1, 0.15) is 0 Å². The molecule has 0 N–H and O–H groups in total. The number of rotatable bonds is 5. The number of amides is 2.